The van der Waals surface area contributed by atoms with E-state index in [0.717, 1.165) is 17.4 Å². The van der Waals surface area contributed by atoms with Crippen LogP contribution in [0.3, 0.4) is 0 Å². The molecule has 0 radical (unpaired) electrons. The van der Waals surface area contributed by atoms with Gasteiger partial charge in [0.15, 0.2) is 0 Å². The highest BCUT2D eigenvalue weighted by Crippen LogP contribution is 2.31. The van der Waals surface area contributed by atoms with Gasteiger partial charge in [0.1, 0.15) is 22.0 Å². The van der Waals surface area contributed by atoms with Gasteiger partial charge in [-0.05, 0) is 30.2 Å². The Balaban J connectivity index is 2.00. The van der Waals surface area contributed by atoms with Crippen molar-refractivity contribution < 1.29 is 4.39 Å². The normalized spacial score (nSPS) is 11.7. The molecule has 0 bridgehead atoms. The molecule has 7 heteroatoms. The zero-order valence-electron chi connectivity index (χ0n) is 13.1. The molecule has 0 aliphatic carbocycles. The van der Waals surface area contributed by atoms with E-state index in [2.05, 4.69) is 15.1 Å². The van der Waals surface area contributed by atoms with Crippen LogP contribution >= 0.6 is 11.6 Å². The molecule has 0 fully saturated rings. The number of nitrogens with zero attached hydrogens (tertiary/aromatic N) is 2. The minimum absolute atomic E-state index is 0.0536. The molecule has 0 atom stereocenters. The number of H-pyrrole nitrogens is 2. The molecule has 122 valence electrons. The summed E-state index contributed by atoms with van der Waals surface area (Å²) in [6, 6.07) is 5.20. The molecule has 0 aliphatic rings. The molecular formula is C17H14ClFN4O. The molecule has 0 aliphatic heterocycles. The Bertz CT molecular complexity index is 1160. The predicted molar refractivity (Wildman–Crippen MR) is 93.0 cm³/mol. The molecule has 4 aromatic rings. The van der Waals surface area contributed by atoms with Crippen molar-refractivity contribution >= 4 is 33.5 Å². The van der Waals surface area contributed by atoms with E-state index in [1.807, 2.05) is 13.0 Å². The first kappa shape index (κ1) is 15.0. The van der Waals surface area contributed by atoms with Gasteiger partial charge in [-0.2, -0.15) is 0 Å². The third-order valence-electron chi connectivity index (χ3n) is 4.32. The number of rotatable bonds is 2. The summed E-state index contributed by atoms with van der Waals surface area (Å²) in [6.07, 6.45) is 2.32. The van der Waals surface area contributed by atoms with E-state index in [1.165, 1.54) is 4.68 Å². The minimum atomic E-state index is -0.546. The van der Waals surface area contributed by atoms with Gasteiger partial charge in [0.2, 0.25) is 0 Å². The molecule has 2 N–H and O–H groups in total. The first-order chi connectivity index (χ1) is 11.5. The summed E-state index contributed by atoms with van der Waals surface area (Å²) in [6.45, 7) is 2.00. The molecule has 1 aromatic carbocycles. The number of aromatic nitrogens is 4. The number of aromatic amines is 2. The van der Waals surface area contributed by atoms with Crippen LogP contribution in [0.2, 0.25) is 5.15 Å². The molecule has 0 saturated carbocycles. The Morgan fingerprint density at radius 1 is 1.38 bits per heavy atom. The standard InChI is InChI=1S/C17H14ClFN4O/c1-3-9-11-6-8(7-20-16(11)21-15(9)18)10-4-5-12-13(14(10)19)17(24)23(2)22-12/h4-7,22H,3H2,1-2H3,(H,20,21). The van der Waals surface area contributed by atoms with Gasteiger partial charge in [-0.15, -0.1) is 0 Å². The molecule has 0 saturated heterocycles. The Kier molecular flexibility index (Phi) is 3.25. The van der Waals surface area contributed by atoms with Gasteiger partial charge >= 0.3 is 0 Å². The molecule has 3 aromatic heterocycles. The number of halogens is 2. The smallest absolute Gasteiger partial charge is 0.277 e. The number of aryl methyl sites for hydroxylation is 2. The van der Waals surface area contributed by atoms with Gasteiger partial charge in [-0.25, -0.2) is 9.37 Å². The monoisotopic (exact) mass is 344 g/mol. The van der Waals surface area contributed by atoms with Gasteiger partial charge in [0.05, 0.1) is 5.52 Å². The summed E-state index contributed by atoms with van der Waals surface area (Å²) < 4.78 is 16.2. The van der Waals surface area contributed by atoms with Crippen molar-refractivity contribution in [3.05, 3.63) is 51.3 Å². The second-order valence-electron chi connectivity index (χ2n) is 5.72. The average molecular weight is 345 g/mol. The van der Waals surface area contributed by atoms with Gasteiger partial charge in [0.25, 0.3) is 5.56 Å². The summed E-state index contributed by atoms with van der Waals surface area (Å²) in [5.41, 5.74) is 2.64. The lowest BCUT2D eigenvalue weighted by molar-refractivity contribution is 0.641. The Hall–Kier alpha value is -2.60. The van der Waals surface area contributed by atoms with Crippen molar-refractivity contribution in [1.29, 1.82) is 0 Å². The summed E-state index contributed by atoms with van der Waals surface area (Å²) in [5.74, 6) is -0.546. The number of hydrogen-bond donors (Lipinski definition) is 2. The Morgan fingerprint density at radius 3 is 2.92 bits per heavy atom. The first-order valence-electron chi connectivity index (χ1n) is 7.55. The first-order valence-corrected chi connectivity index (χ1v) is 7.92. The zero-order chi connectivity index (χ0) is 17.0. The van der Waals surface area contributed by atoms with E-state index in [-0.39, 0.29) is 5.39 Å². The van der Waals surface area contributed by atoms with Gasteiger partial charge < -0.3 is 4.98 Å². The predicted octanol–water partition coefficient (Wildman–Crippen LogP) is 3.76. The van der Waals surface area contributed by atoms with Crippen molar-refractivity contribution in [3.63, 3.8) is 0 Å². The van der Waals surface area contributed by atoms with E-state index >= 15 is 0 Å². The number of nitrogens with one attached hydrogen (secondary N) is 2. The average Bonchev–Trinajstić information content (AvgIpc) is 3.03. The highest BCUT2D eigenvalue weighted by atomic mass is 35.5. The van der Waals surface area contributed by atoms with E-state index in [1.54, 1.807) is 25.4 Å². The minimum Gasteiger partial charge on any atom is -0.330 e. The maximum absolute atomic E-state index is 14.9. The fourth-order valence-corrected chi connectivity index (χ4v) is 3.41. The lowest BCUT2D eigenvalue weighted by atomic mass is 10.0. The number of hydrogen-bond acceptors (Lipinski definition) is 2. The van der Waals surface area contributed by atoms with Crippen molar-refractivity contribution in [2.75, 3.05) is 0 Å². The van der Waals surface area contributed by atoms with Crippen LogP contribution in [0, 0.1) is 5.82 Å². The number of pyridine rings is 1. The Labute approximate surface area is 141 Å². The molecule has 5 nitrogen and oxygen atoms in total. The van der Waals surface area contributed by atoms with Crippen LogP contribution in [0.1, 0.15) is 12.5 Å². The maximum atomic E-state index is 14.9. The molecule has 4 rings (SSSR count). The number of fused-ring (bicyclic) bond motifs is 2. The van der Waals surface area contributed by atoms with Crippen LogP contribution in [0.4, 0.5) is 4.39 Å². The molecule has 3 heterocycles. The highest BCUT2D eigenvalue weighted by Gasteiger charge is 2.17. The molecule has 24 heavy (non-hydrogen) atoms. The van der Waals surface area contributed by atoms with Gasteiger partial charge in [-0.1, -0.05) is 18.5 Å². The third kappa shape index (κ3) is 1.99. The van der Waals surface area contributed by atoms with Crippen molar-refractivity contribution in [2.24, 2.45) is 7.05 Å². The van der Waals surface area contributed by atoms with E-state index < -0.39 is 11.4 Å². The molecule has 0 spiro atoms. The van der Waals surface area contributed by atoms with Crippen molar-refractivity contribution in [1.82, 2.24) is 19.7 Å². The van der Waals surface area contributed by atoms with Gasteiger partial charge in [0, 0.05) is 29.8 Å². The fraction of sp³-hybridized carbons (Fsp3) is 0.176. The lowest BCUT2D eigenvalue weighted by Gasteiger charge is -2.04. The second kappa shape index (κ2) is 5.21. The molecule has 0 unspecified atom stereocenters. The van der Waals surface area contributed by atoms with Gasteiger partial charge in [-0.3, -0.25) is 14.6 Å². The van der Waals surface area contributed by atoms with Crippen molar-refractivity contribution in [3.8, 4) is 11.1 Å². The van der Waals surface area contributed by atoms with E-state index in [0.29, 0.717) is 27.4 Å². The molecular weight excluding hydrogens is 331 g/mol. The second-order valence-corrected chi connectivity index (χ2v) is 6.09. The summed E-state index contributed by atoms with van der Waals surface area (Å²) in [7, 11) is 1.56. The lowest BCUT2D eigenvalue weighted by Crippen LogP contribution is -2.12. The summed E-state index contributed by atoms with van der Waals surface area (Å²) in [5, 5.41) is 4.29. The third-order valence-corrected chi connectivity index (χ3v) is 4.64. The summed E-state index contributed by atoms with van der Waals surface area (Å²) >= 11 is 6.18. The van der Waals surface area contributed by atoms with Crippen LogP contribution < -0.4 is 5.56 Å². The van der Waals surface area contributed by atoms with Crippen LogP contribution in [-0.2, 0) is 13.5 Å². The fourth-order valence-electron chi connectivity index (χ4n) is 3.09. The van der Waals surface area contributed by atoms with Crippen LogP contribution in [-0.4, -0.2) is 19.7 Å². The van der Waals surface area contributed by atoms with E-state index in [9.17, 15) is 9.18 Å². The van der Waals surface area contributed by atoms with Crippen LogP contribution in [0.5, 0.6) is 0 Å². The largest absolute Gasteiger partial charge is 0.330 e. The zero-order valence-corrected chi connectivity index (χ0v) is 13.8. The highest BCUT2D eigenvalue weighted by molar-refractivity contribution is 6.31. The SMILES string of the molecule is CCc1c(Cl)[nH]c2ncc(-c3ccc4[nH]n(C)c(=O)c4c3F)cc12. The topological polar surface area (TPSA) is 66.5 Å². The maximum Gasteiger partial charge on any atom is 0.277 e. The number of benzene rings is 1. The van der Waals surface area contributed by atoms with E-state index in [4.69, 9.17) is 11.6 Å². The summed E-state index contributed by atoms with van der Waals surface area (Å²) in [4.78, 5) is 19.5. The quantitative estimate of drug-likeness (QED) is 0.581. The van der Waals surface area contributed by atoms with Crippen LogP contribution in [0.25, 0.3) is 33.1 Å². The van der Waals surface area contributed by atoms with Crippen LogP contribution in [0.15, 0.2) is 29.2 Å². The van der Waals surface area contributed by atoms with Crippen molar-refractivity contribution in [2.45, 2.75) is 13.3 Å². The molecule has 0 amide bonds. The Morgan fingerprint density at radius 2 is 2.17 bits per heavy atom.